The first-order valence-electron chi connectivity index (χ1n) is 6.10. The topological polar surface area (TPSA) is 52.3 Å². The molecule has 0 aliphatic heterocycles. The van der Waals surface area contributed by atoms with Gasteiger partial charge in [0.2, 0.25) is 0 Å². The van der Waals surface area contributed by atoms with Crippen LogP contribution in [0.15, 0.2) is 18.2 Å². The molecule has 3 nitrogen and oxygen atoms in total. The van der Waals surface area contributed by atoms with Gasteiger partial charge in [-0.25, -0.2) is 4.39 Å². The summed E-state index contributed by atoms with van der Waals surface area (Å²) in [5, 5.41) is 0. The summed E-state index contributed by atoms with van der Waals surface area (Å²) in [4.78, 5) is 11.9. The molecule has 2 rings (SSSR count). The molecule has 1 unspecified atom stereocenters. The van der Waals surface area contributed by atoms with Crippen molar-refractivity contribution in [3.63, 3.8) is 0 Å². The maximum atomic E-state index is 13.8. The van der Waals surface area contributed by atoms with Crippen LogP contribution in [0.2, 0.25) is 0 Å². The van der Waals surface area contributed by atoms with Crippen LogP contribution in [0.25, 0.3) is 0 Å². The maximum Gasteiger partial charge on any atom is 0.573 e. The third-order valence-corrected chi connectivity index (χ3v) is 3.37. The highest BCUT2D eigenvalue weighted by atomic mass is 19.4. The fourth-order valence-electron chi connectivity index (χ4n) is 2.38. The van der Waals surface area contributed by atoms with Crippen LogP contribution in [0.3, 0.4) is 0 Å². The minimum Gasteiger partial charge on any atom is -0.406 e. The molecule has 0 heterocycles. The van der Waals surface area contributed by atoms with Crippen LogP contribution >= 0.6 is 0 Å². The Labute approximate surface area is 112 Å². The molecule has 0 bridgehead atoms. The second-order valence-corrected chi connectivity index (χ2v) is 4.79. The number of rotatable bonds is 2. The Hall–Kier alpha value is -1.63. The standard InChI is InChI=1S/C13H13F4NO2/c14-10-5-4-8(20-13(15,16)17)7-9(10)12(18)6-2-1-3-11(12)19/h4-5,7H,1-3,6,18H2. The van der Waals surface area contributed by atoms with Gasteiger partial charge >= 0.3 is 6.36 Å². The molecule has 0 aromatic heterocycles. The van der Waals surface area contributed by atoms with Crippen LogP contribution in [-0.2, 0) is 10.3 Å². The molecule has 110 valence electrons. The average Bonchev–Trinajstić information content (AvgIpc) is 2.34. The predicted molar refractivity (Wildman–Crippen MR) is 62.4 cm³/mol. The number of hydrogen-bond acceptors (Lipinski definition) is 3. The number of hydrogen-bond donors (Lipinski definition) is 1. The number of benzene rings is 1. The number of ether oxygens (including phenoxy) is 1. The molecule has 0 amide bonds. The SMILES string of the molecule is NC1(c2cc(OC(F)(F)F)ccc2F)CCCCC1=O. The lowest BCUT2D eigenvalue weighted by atomic mass is 9.76. The molecule has 1 aliphatic carbocycles. The molecule has 1 atom stereocenters. The average molecular weight is 291 g/mol. The van der Waals surface area contributed by atoms with Crippen molar-refractivity contribution in [1.82, 2.24) is 0 Å². The van der Waals surface area contributed by atoms with Gasteiger partial charge in [0, 0.05) is 12.0 Å². The third kappa shape index (κ3) is 2.92. The van der Waals surface area contributed by atoms with E-state index in [0.717, 1.165) is 18.2 Å². The summed E-state index contributed by atoms with van der Waals surface area (Å²) in [6.07, 6.45) is -3.21. The smallest absolute Gasteiger partial charge is 0.406 e. The number of ketones is 1. The van der Waals surface area contributed by atoms with Gasteiger partial charge in [0.05, 0.1) is 0 Å². The van der Waals surface area contributed by atoms with E-state index in [0.29, 0.717) is 12.8 Å². The monoisotopic (exact) mass is 291 g/mol. The van der Waals surface area contributed by atoms with Gasteiger partial charge in [0.15, 0.2) is 5.78 Å². The zero-order chi connectivity index (χ0) is 15.0. The molecule has 2 N–H and O–H groups in total. The largest absolute Gasteiger partial charge is 0.573 e. The van der Waals surface area contributed by atoms with Crippen molar-refractivity contribution in [3.8, 4) is 5.75 Å². The summed E-state index contributed by atoms with van der Waals surface area (Å²) in [6.45, 7) is 0. The van der Waals surface area contributed by atoms with Gasteiger partial charge in [0.1, 0.15) is 17.1 Å². The van der Waals surface area contributed by atoms with Gasteiger partial charge in [0.25, 0.3) is 0 Å². The van der Waals surface area contributed by atoms with E-state index in [4.69, 9.17) is 5.73 Å². The van der Waals surface area contributed by atoms with Gasteiger partial charge in [-0.3, -0.25) is 4.79 Å². The summed E-state index contributed by atoms with van der Waals surface area (Å²) in [6, 6.07) is 2.53. The molecule has 1 aromatic carbocycles. The van der Waals surface area contributed by atoms with Crippen molar-refractivity contribution in [2.45, 2.75) is 37.6 Å². The molecule has 0 spiro atoms. The van der Waals surface area contributed by atoms with Gasteiger partial charge in [-0.2, -0.15) is 0 Å². The van der Waals surface area contributed by atoms with Crippen LogP contribution in [0.5, 0.6) is 5.75 Å². The van der Waals surface area contributed by atoms with E-state index in [1.54, 1.807) is 0 Å². The minimum absolute atomic E-state index is 0.195. The van der Waals surface area contributed by atoms with Crippen molar-refractivity contribution >= 4 is 5.78 Å². The zero-order valence-corrected chi connectivity index (χ0v) is 10.5. The first-order valence-corrected chi connectivity index (χ1v) is 6.10. The van der Waals surface area contributed by atoms with E-state index < -0.39 is 23.5 Å². The quantitative estimate of drug-likeness (QED) is 0.852. The molecule has 1 aliphatic rings. The molecule has 0 radical (unpaired) electrons. The van der Waals surface area contributed by atoms with Crippen molar-refractivity contribution in [2.24, 2.45) is 5.73 Å². The Balaban J connectivity index is 2.40. The van der Waals surface area contributed by atoms with Crippen LogP contribution < -0.4 is 10.5 Å². The molecule has 1 fully saturated rings. The molecule has 7 heteroatoms. The Bertz CT molecular complexity index is 530. The maximum absolute atomic E-state index is 13.8. The molecule has 0 saturated heterocycles. The number of nitrogens with two attached hydrogens (primary N) is 1. The summed E-state index contributed by atoms with van der Waals surface area (Å²) in [5.74, 6) is -1.76. The van der Waals surface area contributed by atoms with E-state index in [2.05, 4.69) is 4.74 Å². The second kappa shape index (κ2) is 5.05. The number of alkyl halides is 3. The number of Topliss-reactive ketones (excluding diaryl/α,β-unsaturated/α-hetero) is 1. The fraction of sp³-hybridized carbons (Fsp3) is 0.462. The third-order valence-electron chi connectivity index (χ3n) is 3.37. The summed E-state index contributed by atoms with van der Waals surface area (Å²) in [7, 11) is 0. The number of halogens is 4. The van der Waals surface area contributed by atoms with Gasteiger partial charge in [-0.1, -0.05) is 6.42 Å². The van der Waals surface area contributed by atoms with Crippen LogP contribution in [-0.4, -0.2) is 12.1 Å². The molecular formula is C13H13F4NO2. The Morgan fingerprint density at radius 3 is 2.55 bits per heavy atom. The minimum atomic E-state index is -4.88. The van der Waals surface area contributed by atoms with Gasteiger partial charge in [-0.15, -0.1) is 13.2 Å². The van der Waals surface area contributed by atoms with E-state index in [1.165, 1.54) is 0 Å². The van der Waals surface area contributed by atoms with Gasteiger partial charge in [-0.05, 0) is 31.0 Å². The molecule has 1 aromatic rings. The van der Waals surface area contributed by atoms with Crippen LogP contribution in [0.1, 0.15) is 31.2 Å². The Morgan fingerprint density at radius 1 is 1.25 bits per heavy atom. The lowest BCUT2D eigenvalue weighted by Gasteiger charge is -2.32. The lowest BCUT2D eigenvalue weighted by molar-refractivity contribution is -0.274. The first kappa shape index (κ1) is 14.8. The first-order chi connectivity index (χ1) is 9.22. The molecular weight excluding hydrogens is 278 g/mol. The number of carbonyl (C=O) groups is 1. The lowest BCUT2D eigenvalue weighted by Crippen LogP contribution is -2.47. The van der Waals surface area contributed by atoms with Crippen molar-refractivity contribution in [2.75, 3.05) is 0 Å². The number of carbonyl (C=O) groups excluding carboxylic acids is 1. The van der Waals surface area contributed by atoms with Crippen LogP contribution in [0.4, 0.5) is 17.6 Å². The summed E-state index contributed by atoms with van der Waals surface area (Å²) in [5.41, 5.74) is 4.11. The summed E-state index contributed by atoms with van der Waals surface area (Å²) < 4.78 is 54.1. The Kier molecular flexibility index (Phi) is 3.73. The van der Waals surface area contributed by atoms with Crippen molar-refractivity contribution in [3.05, 3.63) is 29.6 Å². The highest BCUT2D eigenvalue weighted by molar-refractivity contribution is 5.90. The second-order valence-electron chi connectivity index (χ2n) is 4.79. The predicted octanol–water partition coefficient (Wildman–Crippen LogP) is 3.02. The highest BCUT2D eigenvalue weighted by Gasteiger charge is 2.40. The fourth-order valence-corrected chi connectivity index (χ4v) is 2.38. The zero-order valence-electron chi connectivity index (χ0n) is 10.5. The Morgan fingerprint density at radius 2 is 1.95 bits per heavy atom. The van der Waals surface area contributed by atoms with Crippen molar-refractivity contribution in [1.29, 1.82) is 0 Å². The van der Waals surface area contributed by atoms with E-state index in [9.17, 15) is 22.4 Å². The normalized spacial score (nSPS) is 23.8. The molecule has 1 saturated carbocycles. The van der Waals surface area contributed by atoms with Gasteiger partial charge < -0.3 is 10.5 Å². The molecule has 20 heavy (non-hydrogen) atoms. The van der Waals surface area contributed by atoms with E-state index >= 15 is 0 Å². The van der Waals surface area contributed by atoms with Crippen LogP contribution in [0, 0.1) is 5.82 Å². The summed E-state index contributed by atoms with van der Waals surface area (Å²) >= 11 is 0. The van der Waals surface area contributed by atoms with Crippen molar-refractivity contribution < 1.29 is 27.1 Å². The van der Waals surface area contributed by atoms with E-state index in [1.807, 2.05) is 0 Å². The van der Waals surface area contributed by atoms with E-state index in [-0.39, 0.29) is 24.2 Å². The highest BCUT2D eigenvalue weighted by Crippen LogP contribution is 2.36.